The van der Waals surface area contributed by atoms with E-state index in [0.29, 0.717) is 16.8 Å². The first-order chi connectivity index (χ1) is 11.9. The highest BCUT2D eigenvalue weighted by atomic mass is 19.1. The van der Waals surface area contributed by atoms with Crippen molar-refractivity contribution in [2.45, 2.75) is 37.7 Å². The standard InChI is InChI=1S/C12H9FN2O.C7H14O2/c13-10-3-1-2-8(6-10)11-5-4-9(7-15-11)12(14)16;8-6-7(9)4-2-1-3-5-7/h1-7H,(H2,14,16);8-9H,1-6H2. The Balaban J connectivity index is 0.000000212. The van der Waals surface area contributed by atoms with Crippen molar-refractivity contribution in [2.75, 3.05) is 6.61 Å². The first kappa shape index (κ1) is 19.0. The number of halogens is 1. The Morgan fingerprint density at radius 3 is 2.40 bits per heavy atom. The van der Waals surface area contributed by atoms with E-state index < -0.39 is 11.5 Å². The number of hydrogen-bond acceptors (Lipinski definition) is 4. The van der Waals surface area contributed by atoms with Crippen LogP contribution in [0.15, 0.2) is 42.6 Å². The summed E-state index contributed by atoms with van der Waals surface area (Å²) >= 11 is 0. The molecule has 0 bridgehead atoms. The van der Waals surface area contributed by atoms with E-state index in [1.807, 2.05) is 0 Å². The van der Waals surface area contributed by atoms with Crippen LogP contribution in [0, 0.1) is 5.82 Å². The maximum atomic E-state index is 13.0. The Kier molecular flexibility index (Phi) is 6.61. The summed E-state index contributed by atoms with van der Waals surface area (Å²) in [6, 6.07) is 9.29. The molecule has 0 radical (unpaired) electrons. The Labute approximate surface area is 146 Å². The van der Waals surface area contributed by atoms with Crippen molar-refractivity contribution in [1.82, 2.24) is 4.98 Å². The minimum Gasteiger partial charge on any atom is -0.393 e. The molecule has 1 aliphatic carbocycles. The van der Waals surface area contributed by atoms with Crippen molar-refractivity contribution < 1.29 is 19.4 Å². The molecule has 1 amide bonds. The predicted octanol–water partition coefficient (Wildman–Crippen LogP) is 2.66. The van der Waals surface area contributed by atoms with Crippen LogP contribution >= 0.6 is 0 Å². The van der Waals surface area contributed by atoms with Crippen LogP contribution in [0.1, 0.15) is 42.5 Å². The van der Waals surface area contributed by atoms with Crippen molar-refractivity contribution in [3.63, 3.8) is 0 Å². The molecule has 3 rings (SSSR count). The fraction of sp³-hybridized carbons (Fsp3) is 0.368. The molecule has 0 aliphatic heterocycles. The summed E-state index contributed by atoms with van der Waals surface area (Å²) in [7, 11) is 0. The topological polar surface area (TPSA) is 96.4 Å². The number of rotatable bonds is 3. The summed E-state index contributed by atoms with van der Waals surface area (Å²) in [4.78, 5) is 14.9. The molecular weight excluding hydrogens is 323 g/mol. The molecule has 1 aliphatic rings. The van der Waals surface area contributed by atoms with Gasteiger partial charge >= 0.3 is 0 Å². The van der Waals surface area contributed by atoms with Crippen LogP contribution in [0.5, 0.6) is 0 Å². The third-order valence-corrected chi connectivity index (χ3v) is 4.25. The lowest BCUT2D eigenvalue weighted by atomic mass is 9.86. The number of primary amides is 1. The van der Waals surface area contributed by atoms with Gasteiger partial charge < -0.3 is 15.9 Å². The van der Waals surface area contributed by atoms with E-state index in [9.17, 15) is 14.3 Å². The van der Waals surface area contributed by atoms with E-state index in [1.54, 1.807) is 24.3 Å². The number of aliphatic hydroxyl groups excluding tert-OH is 1. The number of hydrogen-bond donors (Lipinski definition) is 3. The summed E-state index contributed by atoms with van der Waals surface area (Å²) < 4.78 is 13.0. The molecule has 0 spiro atoms. The lowest BCUT2D eigenvalue weighted by molar-refractivity contribution is -0.0419. The lowest BCUT2D eigenvalue weighted by Crippen LogP contribution is -2.35. The van der Waals surface area contributed by atoms with Crippen LogP contribution in [-0.2, 0) is 0 Å². The van der Waals surface area contributed by atoms with E-state index in [4.69, 9.17) is 10.8 Å². The fourth-order valence-electron chi connectivity index (χ4n) is 2.73. The Hall–Kier alpha value is -2.31. The van der Waals surface area contributed by atoms with E-state index in [1.165, 1.54) is 24.8 Å². The maximum absolute atomic E-state index is 13.0. The number of nitrogens with two attached hydrogens (primary N) is 1. The third-order valence-electron chi connectivity index (χ3n) is 4.25. The summed E-state index contributed by atoms with van der Waals surface area (Å²) in [5, 5.41) is 18.1. The van der Waals surface area contributed by atoms with Gasteiger partial charge in [0.2, 0.25) is 5.91 Å². The second-order valence-electron chi connectivity index (χ2n) is 6.25. The van der Waals surface area contributed by atoms with E-state index in [-0.39, 0.29) is 12.4 Å². The molecule has 1 saturated carbocycles. The van der Waals surface area contributed by atoms with E-state index >= 15 is 0 Å². The van der Waals surface area contributed by atoms with Gasteiger partial charge in [0.15, 0.2) is 0 Å². The lowest BCUT2D eigenvalue weighted by Gasteiger charge is -2.29. The van der Waals surface area contributed by atoms with Gasteiger partial charge in [-0.1, -0.05) is 31.4 Å². The molecule has 134 valence electrons. The summed E-state index contributed by atoms with van der Waals surface area (Å²) in [6.07, 6.45) is 6.28. The predicted molar refractivity (Wildman–Crippen MR) is 93.3 cm³/mol. The molecule has 1 aromatic heterocycles. The molecule has 25 heavy (non-hydrogen) atoms. The van der Waals surface area contributed by atoms with Gasteiger partial charge in [-0.15, -0.1) is 0 Å². The number of nitrogens with zero attached hydrogens (tertiary/aromatic N) is 1. The zero-order chi connectivity index (χ0) is 18.3. The quantitative estimate of drug-likeness (QED) is 0.796. The number of benzene rings is 1. The van der Waals surface area contributed by atoms with Crippen LogP contribution in [0.3, 0.4) is 0 Å². The number of aromatic nitrogens is 1. The van der Waals surface area contributed by atoms with Gasteiger partial charge in [0.1, 0.15) is 5.82 Å². The minimum atomic E-state index is -0.724. The third kappa shape index (κ3) is 5.62. The second-order valence-corrected chi connectivity index (χ2v) is 6.25. The molecule has 1 aromatic carbocycles. The first-order valence-corrected chi connectivity index (χ1v) is 8.28. The Bertz CT molecular complexity index is 698. The highest BCUT2D eigenvalue weighted by molar-refractivity contribution is 5.92. The molecule has 1 fully saturated rings. The smallest absolute Gasteiger partial charge is 0.250 e. The molecule has 0 saturated heterocycles. The number of carbonyl (C=O) groups is 1. The molecule has 1 heterocycles. The molecule has 5 nitrogen and oxygen atoms in total. The monoisotopic (exact) mass is 346 g/mol. The zero-order valence-electron chi connectivity index (χ0n) is 14.0. The van der Waals surface area contributed by atoms with Crippen molar-refractivity contribution in [3.8, 4) is 11.3 Å². The average molecular weight is 346 g/mol. The highest BCUT2D eigenvalue weighted by Gasteiger charge is 2.27. The van der Waals surface area contributed by atoms with Gasteiger partial charge in [0, 0.05) is 11.8 Å². The van der Waals surface area contributed by atoms with Crippen LogP contribution in [0.4, 0.5) is 4.39 Å². The van der Waals surface area contributed by atoms with Crippen LogP contribution < -0.4 is 5.73 Å². The Morgan fingerprint density at radius 1 is 1.20 bits per heavy atom. The number of aliphatic hydroxyl groups is 2. The SMILES string of the molecule is NC(=O)c1ccc(-c2cccc(F)c2)nc1.OCC1(O)CCCCC1. The van der Waals surface area contributed by atoms with Crippen LogP contribution in [0.25, 0.3) is 11.3 Å². The average Bonchev–Trinajstić information content (AvgIpc) is 2.63. The molecule has 2 aromatic rings. The van der Waals surface area contributed by atoms with Gasteiger partial charge in [-0.05, 0) is 37.1 Å². The second kappa shape index (κ2) is 8.69. The van der Waals surface area contributed by atoms with Gasteiger partial charge in [0.25, 0.3) is 0 Å². The van der Waals surface area contributed by atoms with Crippen molar-refractivity contribution in [3.05, 3.63) is 54.0 Å². The van der Waals surface area contributed by atoms with E-state index in [0.717, 1.165) is 25.7 Å². The summed E-state index contributed by atoms with van der Waals surface area (Å²) in [5.74, 6) is -0.850. The van der Waals surface area contributed by atoms with Crippen molar-refractivity contribution >= 4 is 5.91 Å². The van der Waals surface area contributed by atoms with Crippen LogP contribution in [-0.4, -0.2) is 33.3 Å². The van der Waals surface area contributed by atoms with Crippen molar-refractivity contribution in [1.29, 1.82) is 0 Å². The fourth-order valence-corrected chi connectivity index (χ4v) is 2.73. The normalized spacial score (nSPS) is 15.8. The van der Waals surface area contributed by atoms with Gasteiger partial charge in [-0.3, -0.25) is 9.78 Å². The zero-order valence-corrected chi connectivity index (χ0v) is 14.0. The van der Waals surface area contributed by atoms with Crippen LogP contribution in [0.2, 0.25) is 0 Å². The van der Waals surface area contributed by atoms with Gasteiger partial charge in [-0.2, -0.15) is 0 Å². The van der Waals surface area contributed by atoms with Crippen molar-refractivity contribution in [2.24, 2.45) is 5.73 Å². The number of carbonyl (C=O) groups excluding carboxylic acids is 1. The number of amides is 1. The van der Waals surface area contributed by atoms with Gasteiger partial charge in [0.05, 0.1) is 23.5 Å². The maximum Gasteiger partial charge on any atom is 0.250 e. The minimum absolute atomic E-state index is 0.0625. The summed E-state index contributed by atoms with van der Waals surface area (Å²) in [5.41, 5.74) is 5.96. The molecule has 0 unspecified atom stereocenters. The summed E-state index contributed by atoms with van der Waals surface area (Å²) in [6.45, 7) is -0.0625. The Morgan fingerprint density at radius 2 is 1.92 bits per heavy atom. The van der Waals surface area contributed by atoms with Gasteiger partial charge in [-0.25, -0.2) is 4.39 Å². The largest absolute Gasteiger partial charge is 0.393 e. The molecule has 4 N–H and O–H groups in total. The highest BCUT2D eigenvalue weighted by Crippen LogP contribution is 2.26. The number of pyridine rings is 1. The molecular formula is C19H23FN2O3. The molecule has 0 atom stereocenters. The first-order valence-electron chi connectivity index (χ1n) is 8.28. The molecule has 6 heteroatoms. The van der Waals surface area contributed by atoms with E-state index in [2.05, 4.69) is 4.98 Å².